The number of hydrogen-bond donors (Lipinski definition) is 1. The van der Waals surface area contributed by atoms with Crippen LogP contribution in [0.25, 0.3) is 0 Å². The molecule has 0 bridgehead atoms. The van der Waals surface area contributed by atoms with Crippen molar-refractivity contribution in [2.24, 2.45) is 0 Å². The Balaban J connectivity index is 1.79. The maximum Gasteiger partial charge on any atom is 0.342 e. The minimum Gasteiger partial charge on any atom is -0.465 e. The molecule has 0 spiro atoms. The van der Waals surface area contributed by atoms with E-state index in [2.05, 4.69) is 10.1 Å². The average Bonchev–Trinajstić information content (AvgIpc) is 2.61. The van der Waals surface area contributed by atoms with Gasteiger partial charge in [0, 0.05) is 13.1 Å². The summed E-state index contributed by atoms with van der Waals surface area (Å²) < 4.78 is 18.5. The summed E-state index contributed by atoms with van der Waals surface area (Å²) in [5.41, 5.74) is 2.14. The topological polar surface area (TPSA) is 58.6 Å². The summed E-state index contributed by atoms with van der Waals surface area (Å²) >= 11 is 0. The summed E-state index contributed by atoms with van der Waals surface area (Å²) in [6.45, 7) is 1.04. The molecule has 24 heavy (non-hydrogen) atoms. The van der Waals surface area contributed by atoms with Gasteiger partial charge in [-0.2, -0.15) is 0 Å². The second kappa shape index (κ2) is 6.70. The van der Waals surface area contributed by atoms with Gasteiger partial charge in [-0.05, 0) is 29.7 Å². The normalized spacial score (nSPS) is 13.2. The van der Waals surface area contributed by atoms with Crippen molar-refractivity contribution in [1.29, 1.82) is 0 Å². The van der Waals surface area contributed by atoms with Crippen LogP contribution >= 0.6 is 0 Å². The Morgan fingerprint density at radius 3 is 2.62 bits per heavy atom. The number of amides is 2. The predicted octanol–water partition coefficient (Wildman–Crippen LogP) is 3.20. The van der Waals surface area contributed by atoms with E-state index >= 15 is 0 Å². The second-order valence-electron chi connectivity index (χ2n) is 5.52. The fourth-order valence-electron chi connectivity index (χ4n) is 2.80. The zero-order valence-corrected chi connectivity index (χ0v) is 13.2. The molecule has 0 saturated heterocycles. The molecule has 0 fully saturated rings. The molecular weight excluding hydrogens is 311 g/mol. The molecule has 1 heterocycles. The largest absolute Gasteiger partial charge is 0.465 e. The van der Waals surface area contributed by atoms with Gasteiger partial charge in [0.15, 0.2) is 0 Å². The van der Waals surface area contributed by atoms with Crippen molar-refractivity contribution in [3.05, 3.63) is 65.0 Å². The van der Waals surface area contributed by atoms with E-state index in [9.17, 15) is 14.0 Å². The summed E-state index contributed by atoms with van der Waals surface area (Å²) in [5.74, 6) is -1.56. The molecular formula is C18H17FN2O3. The number of hydrogen-bond acceptors (Lipinski definition) is 3. The van der Waals surface area contributed by atoms with Crippen LogP contribution < -0.4 is 5.32 Å². The molecule has 2 aromatic carbocycles. The van der Waals surface area contributed by atoms with Crippen molar-refractivity contribution >= 4 is 17.7 Å². The van der Waals surface area contributed by atoms with Gasteiger partial charge in [-0.1, -0.05) is 30.3 Å². The molecule has 5 nitrogen and oxygen atoms in total. The first kappa shape index (κ1) is 16.0. The molecule has 0 aliphatic carbocycles. The van der Waals surface area contributed by atoms with Crippen LogP contribution in [-0.2, 0) is 17.7 Å². The van der Waals surface area contributed by atoms with Gasteiger partial charge in [0.1, 0.15) is 11.4 Å². The van der Waals surface area contributed by atoms with Crippen LogP contribution in [0.1, 0.15) is 21.5 Å². The highest BCUT2D eigenvalue weighted by Crippen LogP contribution is 2.23. The Bertz CT molecular complexity index is 792. The highest BCUT2D eigenvalue weighted by atomic mass is 19.1. The van der Waals surface area contributed by atoms with Crippen molar-refractivity contribution in [2.45, 2.75) is 13.0 Å². The van der Waals surface area contributed by atoms with Gasteiger partial charge < -0.3 is 15.0 Å². The van der Waals surface area contributed by atoms with Gasteiger partial charge in [0.2, 0.25) is 0 Å². The number of urea groups is 1. The smallest absolute Gasteiger partial charge is 0.342 e. The SMILES string of the molecule is COC(=O)c1c(F)cccc1NC(=O)N1CCc2ccccc2C1. The van der Waals surface area contributed by atoms with Crippen LogP contribution in [0, 0.1) is 5.82 Å². The number of rotatable bonds is 2. The van der Waals surface area contributed by atoms with E-state index in [1.165, 1.54) is 24.8 Å². The third-order valence-electron chi connectivity index (χ3n) is 4.06. The molecule has 0 atom stereocenters. The first-order valence-electron chi connectivity index (χ1n) is 7.59. The summed E-state index contributed by atoms with van der Waals surface area (Å²) in [4.78, 5) is 25.9. The lowest BCUT2D eigenvalue weighted by molar-refractivity contribution is 0.0597. The van der Waals surface area contributed by atoms with Gasteiger partial charge in [-0.15, -0.1) is 0 Å². The molecule has 0 radical (unpaired) electrons. The average molecular weight is 328 g/mol. The molecule has 124 valence electrons. The lowest BCUT2D eigenvalue weighted by Crippen LogP contribution is -2.39. The molecule has 0 saturated carbocycles. The van der Waals surface area contributed by atoms with Crippen molar-refractivity contribution in [3.63, 3.8) is 0 Å². The van der Waals surface area contributed by atoms with Crippen molar-refractivity contribution in [3.8, 4) is 0 Å². The Hall–Kier alpha value is -2.89. The molecule has 2 aromatic rings. The number of nitrogens with one attached hydrogen (secondary N) is 1. The molecule has 0 aromatic heterocycles. The summed E-state index contributed by atoms with van der Waals surface area (Å²) in [7, 11) is 1.17. The van der Waals surface area contributed by atoms with E-state index in [1.54, 1.807) is 4.90 Å². The minimum atomic E-state index is -0.826. The van der Waals surface area contributed by atoms with E-state index in [-0.39, 0.29) is 17.3 Å². The van der Waals surface area contributed by atoms with Gasteiger partial charge in [0.05, 0.1) is 12.8 Å². The molecule has 1 N–H and O–H groups in total. The van der Waals surface area contributed by atoms with E-state index in [0.717, 1.165) is 18.1 Å². The number of carbonyl (C=O) groups excluding carboxylic acids is 2. The summed E-state index contributed by atoms with van der Waals surface area (Å²) in [6.07, 6.45) is 0.761. The van der Waals surface area contributed by atoms with Gasteiger partial charge in [-0.25, -0.2) is 14.0 Å². The summed E-state index contributed by atoms with van der Waals surface area (Å²) in [6, 6.07) is 11.6. The fourth-order valence-corrected chi connectivity index (χ4v) is 2.80. The lowest BCUT2D eigenvalue weighted by Gasteiger charge is -2.29. The minimum absolute atomic E-state index is 0.103. The van der Waals surface area contributed by atoms with E-state index in [4.69, 9.17) is 0 Å². The monoisotopic (exact) mass is 328 g/mol. The van der Waals surface area contributed by atoms with E-state index in [0.29, 0.717) is 13.1 Å². The van der Waals surface area contributed by atoms with Crippen LogP contribution in [0.4, 0.5) is 14.9 Å². The van der Waals surface area contributed by atoms with Crippen molar-refractivity contribution < 1.29 is 18.7 Å². The molecule has 2 amide bonds. The highest BCUT2D eigenvalue weighted by Gasteiger charge is 2.23. The number of ether oxygens (including phenoxy) is 1. The number of nitrogens with zero attached hydrogens (tertiary/aromatic N) is 1. The van der Waals surface area contributed by atoms with Crippen LogP contribution in [0.5, 0.6) is 0 Å². The van der Waals surface area contributed by atoms with E-state index in [1.807, 2.05) is 24.3 Å². The summed E-state index contributed by atoms with van der Waals surface area (Å²) in [5, 5.41) is 2.61. The third-order valence-corrected chi connectivity index (χ3v) is 4.06. The van der Waals surface area contributed by atoms with Crippen LogP contribution in [0.2, 0.25) is 0 Å². The first-order valence-corrected chi connectivity index (χ1v) is 7.59. The van der Waals surface area contributed by atoms with Gasteiger partial charge in [-0.3, -0.25) is 0 Å². The Kier molecular flexibility index (Phi) is 4.46. The number of carbonyl (C=O) groups is 2. The quantitative estimate of drug-likeness (QED) is 0.861. The Morgan fingerprint density at radius 2 is 1.88 bits per heavy atom. The van der Waals surface area contributed by atoms with Gasteiger partial charge >= 0.3 is 12.0 Å². The molecule has 6 heteroatoms. The standard InChI is InChI=1S/C18H17FN2O3/c1-24-17(22)16-14(19)7-4-8-15(16)20-18(23)21-10-9-12-5-2-3-6-13(12)11-21/h2-8H,9-11H2,1H3,(H,20,23). The van der Waals surface area contributed by atoms with Crippen LogP contribution in [0.15, 0.2) is 42.5 Å². The van der Waals surface area contributed by atoms with Crippen molar-refractivity contribution in [1.82, 2.24) is 4.90 Å². The highest BCUT2D eigenvalue weighted by molar-refractivity contribution is 6.01. The Labute approximate surface area is 139 Å². The maximum absolute atomic E-state index is 13.9. The predicted molar refractivity (Wildman–Crippen MR) is 87.3 cm³/mol. The maximum atomic E-state index is 13.9. The fraction of sp³-hybridized carbons (Fsp3) is 0.222. The second-order valence-corrected chi connectivity index (χ2v) is 5.52. The zero-order chi connectivity index (χ0) is 17.1. The van der Waals surface area contributed by atoms with Crippen LogP contribution in [0.3, 0.4) is 0 Å². The number of halogens is 1. The number of esters is 1. The number of anilines is 1. The number of fused-ring (bicyclic) bond motifs is 1. The first-order chi connectivity index (χ1) is 11.6. The van der Waals surface area contributed by atoms with Crippen molar-refractivity contribution in [2.75, 3.05) is 19.0 Å². The lowest BCUT2D eigenvalue weighted by atomic mass is 10.0. The number of methoxy groups -OCH3 is 1. The van der Waals surface area contributed by atoms with Gasteiger partial charge in [0.25, 0.3) is 0 Å². The van der Waals surface area contributed by atoms with E-state index < -0.39 is 11.8 Å². The third kappa shape index (κ3) is 3.08. The van der Waals surface area contributed by atoms with Crippen LogP contribution in [-0.4, -0.2) is 30.6 Å². The number of benzene rings is 2. The Morgan fingerprint density at radius 1 is 1.12 bits per heavy atom. The molecule has 0 unspecified atom stereocenters. The molecule has 3 rings (SSSR count). The molecule has 1 aliphatic heterocycles. The molecule has 1 aliphatic rings. The zero-order valence-electron chi connectivity index (χ0n) is 13.2.